The van der Waals surface area contributed by atoms with E-state index in [4.69, 9.17) is 13.9 Å². The van der Waals surface area contributed by atoms with Crippen molar-refractivity contribution in [1.82, 2.24) is 0 Å². The first-order valence-corrected chi connectivity index (χ1v) is 14.2. The van der Waals surface area contributed by atoms with Crippen LogP contribution in [0, 0.1) is 11.8 Å². The summed E-state index contributed by atoms with van der Waals surface area (Å²) in [5, 5.41) is 9.43. The summed E-state index contributed by atoms with van der Waals surface area (Å²) in [7, 11) is 0.348. The molecule has 0 aromatic heterocycles. The Morgan fingerprint density at radius 1 is 0.939 bits per heavy atom. The Bertz CT molecular complexity index is 742. The normalized spacial score (nSPS) is 38.2. The molecule has 2 aliphatic heterocycles. The Kier molecular flexibility index (Phi) is 7.60. The van der Waals surface area contributed by atoms with Gasteiger partial charge in [-0.15, -0.1) is 0 Å². The minimum absolute atomic E-state index is 0.0529. The summed E-state index contributed by atoms with van der Waals surface area (Å²) in [6.45, 7) is 10.7. The van der Waals surface area contributed by atoms with Crippen molar-refractivity contribution in [3.63, 3.8) is 0 Å². The van der Waals surface area contributed by atoms with E-state index < -0.39 is 50.5 Å². The molecule has 10 atom stereocenters. The van der Waals surface area contributed by atoms with E-state index >= 15 is 0 Å². The number of esters is 2. The topological polar surface area (TPSA) is 107 Å². The van der Waals surface area contributed by atoms with Crippen LogP contribution in [0.25, 0.3) is 0 Å². The van der Waals surface area contributed by atoms with Gasteiger partial charge in [-0.25, -0.2) is 18.4 Å². The molecule has 0 aromatic rings. The first kappa shape index (κ1) is 26.5. The fourth-order valence-corrected chi connectivity index (χ4v) is 5.88. The summed E-state index contributed by atoms with van der Waals surface area (Å²) in [6.07, 6.45) is -3.81. The SMILES string of the molecule is COC(=O)C(F)[C@@H]1[C@H]2O[C@H]2C[C@H]1O.COC(=O)C(F)[C@@H]1[C@H]2O[C@H]2C[C@H]1O[Si](C)(C)C(C)(C)C. The fourth-order valence-electron chi connectivity index (χ4n) is 4.52. The van der Waals surface area contributed by atoms with Crippen LogP contribution in [0.2, 0.25) is 18.1 Å². The molecule has 8 nitrogen and oxygen atoms in total. The van der Waals surface area contributed by atoms with Crippen molar-refractivity contribution in [1.29, 1.82) is 0 Å². The molecule has 33 heavy (non-hydrogen) atoms. The number of fused-ring (bicyclic) bond motifs is 2. The number of methoxy groups -OCH3 is 2. The lowest BCUT2D eigenvalue weighted by molar-refractivity contribution is -0.151. The average molecular weight is 495 g/mol. The van der Waals surface area contributed by atoms with Crippen molar-refractivity contribution in [2.24, 2.45) is 11.8 Å². The molecule has 0 amide bonds. The number of carbonyl (C=O) groups is 2. The van der Waals surface area contributed by atoms with Crippen molar-refractivity contribution >= 4 is 20.3 Å². The lowest BCUT2D eigenvalue weighted by Crippen LogP contribution is -2.48. The van der Waals surface area contributed by atoms with Crippen molar-refractivity contribution in [2.45, 2.75) is 101 Å². The molecule has 0 spiro atoms. The van der Waals surface area contributed by atoms with Crippen LogP contribution in [-0.2, 0) is 33.0 Å². The second-order valence-corrected chi connectivity index (χ2v) is 15.5. The molecule has 0 radical (unpaired) electrons. The second-order valence-electron chi connectivity index (χ2n) is 10.7. The Morgan fingerprint density at radius 2 is 1.39 bits per heavy atom. The first-order chi connectivity index (χ1) is 15.2. The van der Waals surface area contributed by atoms with Gasteiger partial charge in [0.05, 0.1) is 62.7 Å². The van der Waals surface area contributed by atoms with Crippen LogP contribution in [0.3, 0.4) is 0 Å². The van der Waals surface area contributed by atoms with Gasteiger partial charge in [0, 0.05) is 12.8 Å². The van der Waals surface area contributed by atoms with E-state index in [2.05, 4.69) is 43.3 Å². The van der Waals surface area contributed by atoms with E-state index in [-0.39, 0.29) is 35.6 Å². The summed E-state index contributed by atoms with van der Waals surface area (Å²) < 4.78 is 53.1. The van der Waals surface area contributed by atoms with Gasteiger partial charge >= 0.3 is 11.9 Å². The van der Waals surface area contributed by atoms with Gasteiger partial charge < -0.3 is 28.5 Å². The number of carbonyl (C=O) groups excluding carboxylic acids is 2. The number of aliphatic hydroxyl groups excluding tert-OH is 1. The second kappa shape index (κ2) is 9.48. The molecule has 2 saturated carbocycles. The molecule has 2 unspecified atom stereocenters. The number of aliphatic hydroxyl groups is 1. The summed E-state index contributed by atoms with van der Waals surface area (Å²) in [6, 6.07) is 0. The number of rotatable bonds is 6. The lowest BCUT2D eigenvalue weighted by Gasteiger charge is -2.40. The molecule has 2 heterocycles. The van der Waals surface area contributed by atoms with Crippen molar-refractivity contribution in [3.05, 3.63) is 0 Å². The van der Waals surface area contributed by atoms with E-state index in [1.165, 1.54) is 7.11 Å². The standard InChI is InChI=1S/C14H25FO4Si.C8H11FO4/c1-14(2,3)20(5,6)19-8-7-9-12(18-9)10(8)11(15)13(16)17-4;1-12-8(11)6(9)5-3(10)2-4-7(5)13-4/h8-12H,7H2,1-6H3;3-7,10H,2H2,1H3/t8-,9+,10-,11?,12+;3-,4+,5-,6?,7+/m11/s1. The van der Waals surface area contributed by atoms with Crippen LogP contribution >= 0.6 is 0 Å². The minimum atomic E-state index is -1.99. The molecule has 0 bridgehead atoms. The third-order valence-corrected chi connectivity index (χ3v) is 12.1. The molecule has 4 aliphatic rings. The van der Waals surface area contributed by atoms with E-state index in [1.807, 2.05) is 0 Å². The molecule has 4 rings (SSSR count). The van der Waals surface area contributed by atoms with Gasteiger partial charge in [0.15, 0.2) is 8.32 Å². The van der Waals surface area contributed by atoms with E-state index in [0.717, 1.165) is 7.11 Å². The summed E-state index contributed by atoms with van der Waals surface area (Å²) in [4.78, 5) is 22.3. The number of hydrogen-bond acceptors (Lipinski definition) is 8. The van der Waals surface area contributed by atoms with Gasteiger partial charge in [0.25, 0.3) is 0 Å². The van der Waals surface area contributed by atoms with Crippen LogP contribution in [0.5, 0.6) is 0 Å². The van der Waals surface area contributed by atoms with Gasteiger partial charge in [-0.2, -0.15) is 0 Å². The minimum Gasteiger partial charge on any atom is -0.467 e. The van der Waals surface area contributed by atoms with Crippen LogP contribution < -0.4 is 0 Å². The monoisotopic (exact) mass is 494 g/mol. The number of epoxide rings is 2. The number of halogens is 2. The molecule has 190 valence electrons. The van der Waals surface area contributed by atoms with Gasteiger partial charge in [-0.05, 0) is 18.1 Å². The Balaban J connectivity index is 0.000000203. The molecule has 4 fully saturated rings. The van der Waals surface area contributed by atoms with E-state index in [0.29, 0.717) is 12.8 Å². The largest absolute Gasteiger partial charge is 0.467 e. The van der Waals surface area contributed by atoms with Crippen molar-refractivity contribution in [2.75, 3.05) is 14.2 Å². The molecule has 0 aromatic carbocycles. The molecular formula is C22H36F2O8Si. The highest BCUT2D eigenvalue weighted by Crippen LogP contribution is 2.50. The lowest BCUT2D eigenvalue weighted by atomic mass is 9.99. The van der Waals surface area contributed by atoms with Crippen LogP contribution in [-0.4, -0.2) is 88.5 Å². The fraction of sp³-hybridized carbons (Fsp3) is 0.909. The summed E-state index contributed by atoms with van der Waals surface area (Å²) >= 11 is 0. The first-order valence-electron chi connectivity index (χ1n) is 11.3. The Morgan fingerprint density at radius 3 is 1.82 bits per heavy atom. The molecule has 1 N–H and O–H groups in total. The highest BCUT2D eigenvalue weighted by molar-refractivity contribution is 6.74. The highest BCUT2D eigenvalue weighted by atomic mass is 28.4. The smallest absolute Gasteiger partial charge is 0.340 e. The van der Waals surface area contributed by atoms with E-state index in [9.17, 15) is 23.5 Å². The quantitative estimate of drug-likeness (QED) is 0.341. The zero-order chi connectivity index (χ0) is 24.9. The molecular weight excluding hydrogens is 458 g/mol. The Hall–Kier alpha value is -1.14. The third-order valence-electron chi connectivity index (χ3n) is 7.59. The Labute approximate surface area is 194 Å². The predicted molar refractivity (Wildman–Crippen MR) is 115 cm³/mol. The van der Waals surface area contributed by atoms with Crippen LogP contribution in [0.4, 0.5) is 8.78 Å². The molecule has 2 aliphatic carbocycles. The number of alkyl halides is 2. The van der Waals surface area contributed by atoms with Crippen LogP contribution in [0.1, 0.15) is 33.6 Å². The van der Waals surface area contributed by atoms with Gasteiger partial charge in [-0.3, -0.25) is 0 Å². The van der Waals surface area contributed by atoms with Gasteiger partial charge in [0.1, 0.15) is 0 Å². The van der Waals surface area contributed by atoms with Crippen LogP contribution in [0.15, 0.2) is 0 Å². The average Bonchev–Trinajstić information content (AvgIpc) is 3.61. The maximum atomic E-state index is 14.3. The van der Waals surface area contributed by atoms with E-state index in [1.54, 1.807) is 0 Å². The van der Waals surface area contributed by atoms with Crippen molar-refractivity contribution in [3.8, 4) is 0 Å². The number of hydrogen-bond donors (Lipinski definition) is 1. The highest BCUT2D eigenvalue weighted by Gasteiger charge is 2.62. The van der Waals surface area contributed by atoms with Gasteiger partial charge in [0.2, 0.25) is 12.3 Å². The van der Waals surface area contributed by atoms with Gasteiger partial charge in [-0.1, -0.05) is 20.8 Å². The maximum absolute atomic E-state index is 14.3. The molecule has 11 heteroatoms. The zero-order valence-corrected chi connectivity index (χ0v) is 21.2. The number of ether oxygens (including phenoxy) is 4. The van der Waals surface area contributed by atoms with Crippen molar-refractivity contribution < 1.29 is 46.8 Å². The maximum Gasteiger partial charge on any atom is 0.340 e. The zero-order valence-electron chi connectivity index (χ0n) is 20.2. The molecule has 2 saturated heterocycles. The summed E-state index contributed by atoms with van der Waals surface area (Å²) in [5.74, 6) is -3.02. The predicted octanol–water partition coefficient (Wildman–Crippen LogP) is 2.32. The summed E-state index contributed by atoms with van der Waals surface area (Å²) in [5.41, 5.74) is 0. The third kappa shape index (κ3) is 5.42.